The Kier molecular flexibility index (Phi) is 5.14. The van der Waals surface area contributed by atoms with Crippen LogP contribution in [0.5, 0.6) is 0 Å². The number of amides is 2. The molecule has 0 aliphatic carbocycles. The minimum Gasteiger partial charge on any atom is -0.375 e. The van der Waals surface area contributed by atoms with E-state index in [1.807, 2.05) is 6.92 Å². The molecule has 0 radical (unpaired) electrons. The summed E-state index contributed by atoms with van der Waals surface area (Å²) in [6.45, 7) is 3.87. The van der Waals surface area contributed by atoms with Crippen molar-refractivity contribution in [2.75, 3.05) is 39.9 Å². The van der Waals surface area contributed by atoms with E-state index in [1.165, 1.54) is 13.3 Å². The Balaban J connectivity index is 1.98. The van der Waals surface area contributed by atoms with Crippen molar-refractivity contribution in [3.8, 4) is 0 Å². The highest BCUT2D eigenvalue weighted by Gasteiger charge is 2.25. The van der Waals surface area contributed by atoms with Gasteiger partial charge in [0.15, 0.2) is 0 Å². The van der Waals surface area contributed by atoms with Gasteiger partial charge in [0.05, 0.1) is 10.6 Å². The molecular weight excluding hydrogens is 294 g/mol. The number of ether oxygens (including phenoxy) is 1. The van der Waals surface area contributed by atoms with Gasteiger partial charge < -0.3 is 14.5 Å². The monoisotopic (exact) mass is 311 g/mol. The lowest BCUT2D eigenvalue weighted by molar-refractivity contribution is -0.136. The summed E-state index contributed by atoms with van der Waals surface area (Å²) in [5, 5.41) is 0.408. The van der Waals surface area contributed by atoms with Crippen LogP contribution in [0.3, 0.4) is 0 Å². The molecule has 0 N–H and O–H groups in total. The Morgan fingerprint density at radius 3 is 2.48 bits per heavy atom. The van der Waals surface area contributed by atoms with Gasteiger partial charge in [0.2, 0.25) is 5.91 Å². The Labute approximate surface area is 128 Å². The van der Waals surface area contributed by atoms with Gasteiger partial charge in [0.1, 0.15) is 6.61 Å². The number of aromatic nitrogens is 1. The van der Waals surface area contributed by atoms with E-state index in [2.05, 4.69) is 4.98 Å². The first-order chi connectivity index (χ1) is 10.0. The third-order valence-corrected chi connectivity index (χ3v) is 3.72. The van der Waals surface area contributed by atoms with Crippen molar-refractivity contribution < 1.29 is 14.3 Å². The number of halogens is 1. The van der Waals surface area contributed by atoms with E-state index in [4.69, 9.17) is 16.3 Å². The molecule has 0 saturated carbocycles. The number of carbonyl (C=O) groups is 2. The number of nitrogens with zero attached hydrogens (tertiary/aromatic N) is 3. The lowest BCUT2D eigenvalue weighted by Crippen LogP contribution is -2.51. The van der Waals surface area contributed by atoms with Gasteiger partial charge in [0, 0.05) is 45.2 Å². The Hall–Kier alpha value is -1.66. The van der Waals surface area contributed by atoms with Gasteiger partial charge in [0.25, 0.3) is 5.91 Å². The smallest absolute Gasteiger partial charge is 0.257 e. The molecule has 114 valence electrons. The SMILES string of the molecule is COCC(=O)N1CCN(C(=O)c2cnc(C)cc2Cl)CC1. The summed E-state index contributed by atoms with van der Waals surface area (Å²) in [5.41, 5.74) is 1.17. The number of hydrogen-bond donors (Lipinski definition) is 0. The largest absolute Gasteiger partial charge is 0.375 e. The topological polar surface area (TPSA) is 62.7 Å². The minimum absolute atomic E-state index is 0.0559. The first kappa shape index (κ1) is 15.7. The van der Waals surface area contributed by atoms with Crippen LogP contribution in [0.1, 0.15) is 16.1 Å². The Morgan fingerprint density at radius 2 is 1.90 bits per heavy atom. The molecule has 1 saturated heterocycles. The summed E-state index contributed by atoms with van der Waals surface area (Å²) >= 11 is 6.10. The Bertz CT molecular complexity index is 542. The van der Waals surface area contributed by atoms with E-state index in [9.17, 15) is 9.59 Å². The summed E-state index contributed by atoms with van der Waals surface area (Å²) in [7, 11) is 1.49. The van der Waals surface area contributed by atoms with Crippen LogP contribution < -0.4 is 0 Å². The maximum atomic E-state index is 12.4. The number of rotatable bonds is 3. The van der Waals surface area contributed by atoms with Gasteiger partial charge in [-0.1, -0.05) is 11.6 Å². The quantitative estimate of drug-likeness (QED) is 0.834. The normalized spacial score (nSPS) is 15.2. The van der Waals surface area contributed by atoms with Crippen LogP contribution >= 0.6 is 11.6 Å². The van der Waals surface area contributed by atoms with Gasteiger partial charge in [-0.25, -0.2) is 0 Å². The average Bonchev–Trinajstić information content (AvgIpc) is 2.47. The predicted molar refractivity (Wildman–Crippen MR) is 78.3 cm³/mol. The van der Waals surface area contributed by atoms with Crippen molar-refractivity contribution >= 4 is 23.4 Å². The maximum absolute atomic E-state index is 12.4. The molecule has 7 heteroatoms. The highest BCUT2D eigenvalue weighted by atomic mass is 35.5. The number of pyridine rings is 1. The zero-order chi connectivity index (χ0) is 15.4. The Morgan fingerprint density at radius 1 is 1.29 bits per heavy atom. The van der Waals surface area contributed by atoms with E-state index < -0.39 is 0 Å². The molecule has 2 rings (SSSR count). The fourth-order valence-corrected chi connectivity index (χ4v) is 2.52. The fraction of sp³-hybridized carbons (Fsp3) is 0.500. The third kappa shape index (κ3) is 3.71. The first-order valence-electron chi connectivity index (χ1n) is 6.71. The molecule has 1 aromatic heterocycles. The average molecular weight is 312 g/mol. The van der Waals surface area contributed by atoms with Gasteiger partial charge in [-0.2, -0.15) is 0 Å². The van der Waals surface area contributed by atoms with Crippen LogP contribution in [-0.2, 0) is 9.53 Å². The highest BCUT2D eigenvalue weighted by molar-refractivity contribution is 6.33. The van der Waals surface area contributed by atoms with E-state index in [-0.39, 0.29) is 18.4 Å². The molecule has 1 fully saturated rings. The molecule has 0 aromatic carbocycles. The zero-order valence-electron chi connectivity index (χ0n) is 12.1. The van der Waals surface area contributed by atoms with Crippen LogP contribution in [0, 0.1) is 6.92 Å². The fourth-order valence-electron chi connectivity index (χ4n) is 2.23. The summed E-state index contributed by atoms with van der Waals surface area (Å²) in [5.74, 6) is -0.203. The molecular formula is C14H18ClN3O3. The number of aryl methyl sites for hydroxylation is 1. The van der Waals surface area contributed by atoms with Gasteiger partial charge in [-0.15, -0.1) is 0 Å². The van der Waals surface area contributed by atoms with Crippen molar-refractivity contribution in [1.29, 1.82) is 0 Å². The highest BCUT2D eigenvalue weighted by Crippen LogP contribution is 2.18. The van der Waals surface area contributed by atoms with Gasteiger partial charge in [-0.05, 0) is 13.0 Å². The molecule has 6 nitrogen and oxygen atoms in total. The molecule has 1 aromatic rings. The molecule has 0 atom stereocenters. The van der Waals surface area contributed by atoms with Crippen molar-refractivity contribution in [3.63, 3.8) is 0 Å². The van der Waals surface area contributed by atoms with Gasteiger partial charge >= 0.3 is 0 Å². The van der Waals surface area contributed by atoms with Crippen molar-refractivity contribution in [1.82, 2.24) is 14.8 Å². The summed E-state index contributed by atoms with van der Waals surface area (Å²) in [6, 6.07) is 1.67. The van der Waals surface area contributed by atoms with Crippen LogP contribution in [0.25, 0.3) is 0 Å². The standard InChI is InChI=1S/C14H18ClN3O3/c1-10-7-12(15)11(8-16-10)14(20)18-5-3-17(4-6-18)13(19)9-21-2/h7-8H,3-6,9H2,1-2H3. The van der Waals surface area contributed by atoms with Crippen molar-refractivity contribution in [2.24, 2.45) is 0 Å². The van der Waals surface area contributed by atoms with E-state index in [0.717, 1.165) is 5.69 Å². The minimum atomic E-state index is -0.147. The molecule has 2 heterocycles. The molecule has 21 heavy (non-hydrogen) atoms. The second-order valence-electron chi connectivity index (χ2n) is 4.91. The number of piperazine rings is 1. The summed E-state index contributed by atoms with van der Waals surface area (Å²) in [4.78, 5) is 31.6. The number of hydrogen-bond acceptors (Lipinski definition) is 4. The second kappa shape index (κ2) is 6.87. The van der Waals surface area contributed by atoms with Crippen molar-refractivity contribution in [2.45, 2.75) is 6.92 Å². The molecule has 1 aliphatic rings. The van der Waals surface area contributed by atoms with Crippen LogP contribution in [0.15, 0.2) is 12.3 Å². The molecule has 0 bridgehead atoms. The van der Waals surface area contributed by atoms with E-state index >= 15 is 0 Å². The van der Waals surface area contributed by atoms with E-state index in [1.54, 1.807) is 15.9 Å². The molecule has 2 amide bonds. The second-order valence-corrected chi connectivity index (χ2v) is 5.32. The summed E-state index contributed by atoms with van der Waals surface area (Å²) < 4.78 is 4.83. The lowest BCUT2D eigenvalue weighted by atomic mass is 10.2. The maximum Gasteiger partial charge on any atom is 0.257 e. The number of methoxy groups -OCH3 is 1. The molecule has 1 aliphatic heterocycles. The molecule has 0 unspecified atom stereocenters. The zero-order valence-corrected chi connectivity index (χ0v) is 12.9. The third-order valence-electron chi connectivity index (χ3n) is 3.41. The first-order valence-corrected chi connectivity index (χ1v) is 7.09. The predicted octanol–water partition coefficient (Wildman–Crippen LogP) is 0.974. The van der Waals surface area contributed by atoms with Crippen LogP contribution in [0.2, 0.25) is 5.02 Å². The van der Waals surface area contributed by atoms with Gasteiger partial charge in [-0.3, -0.25) is 14.6 Å². The lowest BCUT2D eigenvalue weighted by Gasteiger charge is -2.34. The summed E-state index contributed by atoms with van der Waals surface area (Å²) in [6.07, 6.45) is 1.50. The van der Waals surface area contributed by atoms with E-state index in [0.29, 0.717) is 36.8 Å². The van der Waals surface area contributed by atoms with Crippen molar-refractivity contribution in [3.05, 3.63) is 28.5 Å². The molecule has 0 spiro atoms. The van der Waals surface area contributed by atoms with Crippen LogP contribution in [-0.4, -0.2) is 66.5 Å². The number of carbonyl (C=O) groups excluding carboxylic acids is 2. The van der Waals surface area contributed by atoms with Crippen LogP contribution in [0.4, 0.5) is 0 Å².